The molecule has 0 bridgehead atoms. The Morgan fingerprint density at radius 2 is 0.607 bits per heavy atom. The number of methoxy groups -OCH3 is 2. The highest BCUT2D eigenvalue weighted by molar-refractivity contribution is 5.29. The quantitative estimate of drug-likeness (QED) is 0.0281. The summed E-state index contributed by atoms with van der Waals surface area (Å²) in [6, 6.07) is 0. The number of hydrogen-bond acceptors (Lipinski definition) is 46. The molecule has 62 atom stereocenters. The molecule has 10 aliphatic heterocycles. The van der Waals surface area contributed by atoms with E-state index in [4.69, 9.17) is 94.7 Å². The van der Waals surface area contributed by atoms with Gasteiger partial charge in [-0.25, -0.2) is 0 Å². The zero-order valence-electron chi connectivity index (χ0n) is 87.7. The number of ether oxygens (including phenoxy) is 20. The van der Waals surface area contributed by atoms with Crippen LogP contribution in [0.15, 0.2) is 23.3 Å². The van der Waals surface area contributed by atoms with Gasteiger partial charge in [0.2, 0.25) is 0 Å². The van der Waals surface area contributed by atoms with Crippen LogP contribution in [0.3, 0.4) is 0 Å². The minimum absolute atomic E-state index is 0.00228. The van der Waals surface area contributed by atoms with Gasteiger partial charge in [-0.3, -0.25) is 0 Å². The summed E-state index contributed by atoms with van der Waals surface area (Å²) in [6.45, 7) is 17.5. The summed E-state index contributed by atoms with van der Waals surface area (Å²) in [4.78, 5) is 0. The van der Waals surface area contributed by atoms with Gasteiger partial charge in [0.25, 0.3) is 0 Å². The van der Waals surface area contributed by atoms with Gasteiger partial charge in [-0.2, -0.15) is 0 Å². The van der Waals surface area contributed by atoms with Crippen LogP contribution in [0.4, 0.5) is 0 Å². The molecule has 864 valence electrons. The van der Waals surface area contributed by atoms with Crippen molar-refractivity contribution in [3.8, 4) is 0 Å². The van der Waals surface area contributed by atoms with Crippen LogP contribution in [0.25, 0.3) is 0 Å². The molecule has 18 rings (SSSR count). The van der Waals surface area contributed by atoms with Crippen molar-refractivity contribution in [2.45, 2.75) is 466 Å². The third-order valence-electron chi connectivity index (χ3n) is 39.6. The average molecular weight is 2160 g/mol. The smallest absolute Gasteiger partial charge is 0.187 e. The van der Waals surface area contributed by atoms with Crippen LogP contribution in [-0.4, -0.2) is 481 Å². The number of hydrogen-bond donors (Lipinski definition) is 26. The number of aliphatic hydroxyl groups excluding tert-OH is 26. The van der Waals surface area contributed by atoms with Gasteiger partial charge in [-0.05, 0) is 197 Å². The Hall–Kier alpha value is -2.36. The van der Waals surface area contributed by atoms with Crippen molar-refractivity contribution in [3.63, 3.8) is 0 Å². The third kappa shape index (κ3) is 21.8. The van der Waals surface area contributed by atoms with Crippen molar-refractivity contribution < 1.29 is 228 Å². The summed E-state index contributed by atoms with van der Waals surface area (Å²) in [5, 5.41) is 273. The number of allylic oxidation sites excluding steroid dienone is 2. The van der Waals surface area contributed by atoms with Crippen LogP contribution in [0.1, 0.15) is 185 Å². The van der Waals surface area contributed by atoms with Gasteiger partial charge in [0.1, 0.15) is 183 Å². The van der Waals surface area contributed by atoms with E-state index >= 15 is 0 Å². The fraction of sp³-hybridized carbons (Fsp3) is 0.962. The van der Waals surface area contributed by atoms with E-state index < -0.39 is 309 Å². The van der Waals surface area contributed by atoms with E-state index in [1.165, 1.54) is 25.0 Å². The van der Waals surface area contributed by atoms with Crippen molar-refractivity contribution in [1.29, 1.82) is 0 Å². The Labute approximate surface area is 873 Å². The highest BCUT2D eigenvalue weighted by atomic mass is 16.8. The molecule has 0 amide bonds. The first-order valence-corrected chi connectivity index (χ1v) is 54.6. The van der Waals surface area contributed by atoms with Gasteiger partial charge in [0.15, 0.2) is 61.9 Å². The van der Waals surface area contributed by atoms with Gasteiger partial charge in [-0.15, -0.1) is 0 Å². The van der Waals surface area contributed by atoms with Crippen LogP contribution >= 0.6 is 0 Å². The molecular formula is C104H172O46. The first-order chi connectivity index (χ1) is 71.1. The lowest BCUT2D eigenvalue weighted by Crippen LogP contribution is -2.67. The molecule has 0 aromatic heterocycles. The Balaban J connectivity index is 0.000000204. The van der Waals surface area contributed by atoms with Crippen molar-refractivity contribution in [2.75, 3.05) is 67.1 Å². The molecule has 46 heteroatoms. The van der Waals surface area contributed by atoms with Crippen molar-refractivity contribution >= 4 is 0 Å². The molecule has 0 radical (unpaired) electrons. The summed E-state index contributed by atoms with van der Waals surface area (Å²) in [5.74, 6) is 1.53. The van der Waals surface area contributed by atoms with Gasteiger partial charge >= 0.3 is 0 Å². The Morgan fingerprint density at radius 3 is 0.927 bits per heavy atom. The molecule has 6 saturated carbocycles. The molecular weight excluding hydrogens is 1990 g/mol. The second-order valence-corrected chi connectivity index (χ2v) is 48.0. The second kappa shape index (κ2) is 47.6. The standard InChI is InChI=1S/2C52H86O23/c2*1-21(20-67-46-41(63)39(61)35(57)30(17-53)70-46)9-14-52(66-6)22(2)33-29(75-52)16-28-26-8-7-24-15-25(10-12-50(24,4)27(26)11-13-51(28,33)5)69-49-45(74-47-42(64)38(60)34(56)23(3)68-47)44(37(59)32(19-55)72-49)73-48-43(65)40(62)36(58)31(18-54)71-48/h2*7,21-23,25-49,53-65H,8-20H2,1-6H3/t2*21-,22+,23+,25+,26-,27+,28+,29+,30-,31-,32-,33+,34+,35-,36-,37-,38-,39+,40+,41-,42-,43-,44+,45?,46-,47+,48+,49-,50+,51+,52-/m11/s1. The molecule has 150 heavy (non-hydrogen) atoms. The van der Waals surface area contributed by atoms with Gasteiger partial charge in [0.05, 0.1) is 89.5 Å². The van der Waals surface area contributed by atoms with Crippen molar-refractivity contribution in [1.82, 2.24) is 0 Å². The SMILES string of the molecule is CO[C@]1(CC[C@@H](C)CO[C@@H]2O[C@H](CO)[C@@H](O)[C@H](O)[C@H]2O)O[C@H]2C[C@H]3[C@@H]4CC=C5C[C@@H](O[C@@H]6O[C@H](CO)[C@@H](O)[C@H](O[C@@H]7O[C@H](CO)[C@@H](O)[C@H](O)[C@H]7O)C6O[C@@H]6O[C@@H](C)[C@H](O)[C@@H](O)[C@H]6O)CC[C@]5(C)[C@H]4CC[C@]3(C)[C@H]2[C@@H]1C.CO[C@]1(CC[C@@H](C)CO[C@@H]2O[C@H](CO)[C@@H](O)[C@H](O)[C@H]2O)O[C@H]2C[C@H]3[C@@H]4CC=C5C[C@@H](O[C@@H]6O[C@H](CO)[C@@H](O)[C@H](O[C@@H]7O[C@H](CO)[C@@H](O)[C@H](O)[C@H]7O)C6O[C@@H]6O[C@@H](C)[C@H](O)[C@@H](O)[C@H]6O)CC[C@]5(C)[C@H]4CC[C@]3(C)[C@H]2[C@@H]1C. The van der Waals surface area contributed by atoms with Crippen LogP contribution in [0, 0.1) is 92.7 Å². The molecule has 16 fully saturated rings. The van der Waals surface area contributed by atoms with E-state index in [-0.39, 0.29) is 82.6 Å². The molecule has 2 unspecified atom stereocenters. The van der Waals surface area contributed by atoms with Gasteiger partial charge in [-0.1, -0.05) is 78.7 Å². The third-order valence-corrected chi connectivity index (χ3v) is 39.6. The molecule has 46 nitrogen and oxygen atoms in total. The predicted molar refractivity (Wildman–Crippen MR) is 510 cm³/mol. The topological polar surface area (TPSA) is 711 Å². The summed E-state index contributed by atoms with van der Waals surface area (Å²) < 4.78 is 123. The summed E-state index contributed by atoms with van der Waals surface area (Å²) in [5.41, 5.74) is 2.23. The largest absolute Gasteiger partial charge is 0.394 e. The Bertz CT molecular complexity index is 4130. The molecule has 10 saturated heterocycles. The Morgan fingerprint density at radius 1 is 0.320 bits per heavy atom. The van der Waals surface area contributed by atoms with Crippen molar-refractivity contribution in [3.05, 3.63) is 23.3 Å². The number of aliphatic hydroxyl groups is 26. The van der Waals surface area contributed by atoms with Crippen LogP contribution in [0.5, 0.6) is 0 Å². The highest BCUT2D eigenvalue weighted by Crippen LogP contribution is 2.73. The molecule has 10 heterocycles. The lowest BCUT2D eigenvalue weighted by atomic mass is 9.47. The summed E-state index contributed by atoms with van der Waals surface area (Å²) in [6.07, 6.45) is -42.9. The van der Waals surface area contributed by atoms with Crippen LogP contribution in [0.2, 0.25) is 0 Å². The first kappa shape index (κ1) is 119. The van der Waals surface area contributed by atoms with E-state index in [0.29, 0.717) is 86.9 Å². The van der Waals surface area contributed by atoms with E-state index in [1.54, 1.807) is 14.2 Å². The minimum atomic E-state index is -1.88. The maximum atomic E-state index is 11.6. The summed E-state index contributed by atoms with van der Waals surface area (Å²) >= 11 is 0. The lowest BCUT2D eigenvalue weighted by Gasteiger charge is -2.58. The molecule has 8 aliphatic carbocycles. The van der Waals surface area contributed by atoms with Gasteiger partial charge in [0, 0.05) is 38.9 Å². The zero-order chi connectivity index (χ0) is 108. The van der Waals surface area contributed by atoms with Crippen LogP contribution in [-0.2, 0) is 94.7 Å². The van der Waals surface area contributed by atoms with E-state index in [2.05, 4.69) is 53.7 Å². The molecule has 0 spiro atoms. The normalized spacial score (nSPS) is 54.3. The molecule has 18 aliphatic rings. The summed E-state index contributed by atoms with van der Waals surface area (Å²) in [7, 11) is 3.42. The highest BCUT2D eigenvalue weighted by Gasteiger charge is 2.72. The monoisotopic (exact) mass is 2160 g/mol. The number of rotatable bonds is 32. The maximum absolute atomic E-state index is 11.6. The lowest BCUT2D eigenvalue weighted by molar-refractivity contribution is -0.394. The molecule has 0 aromatic rings. The first-order valence-electron chi connectivity index (χ1n) is 54.6. The number of fused-ring (bicyclic) bond motifs is 14. The van der Waals surface area contributed by atoms with Crippen LogP contribution < -0.4 is 0 Å². The Kier molecular flexibility index (Phi) is 37.6. The second-order valence-electron chi connectivity index (χ2n) is 48.0. The van der Waals surface area contributed by atoms with E-state index in [0.717, 1.165) is 64.2 Å². The molecule has 0 aromatic carbocycles. The average Bonchev–Trinajstić information content (AvgIpc) is 1.53. The fourth-order valence-electron chi connectivity index (χ4n) is 30.6. The van der Waals surface area contributed by atoms with Crippen molar-refractivity contribution in [2.24, 2.45) is 92.7 Å². The van der Waals surface area contributed by atoms with E-state index in [1.807, 2.05) is 13.8 Å². The molecule has 26 N–H and O–H groups in total. The fourth-order valence-corrected chi connectivity index (χ4v) is 30.6. The minimum Gasteiger partial charge on any atom is -0.394 e. The zero-order valence-corrected chi connectivity index (χ0v) is 87.7. The maximum Gasteiger partial charge on any atom is 0.187 e. The predicted octanol–water partition coefficient (Wildman–Crippen LogP) is -4.71. The van der Waals surface area contributed by atoms with E-state index in [9.17, 15) is 133 Å². The van der Waals surface area contributed by atoms with Gasteiger partial charge < -0.3 is 228 Å².